The summed E-state index contributed by atoms with van der Waals surface area (Å²) in [5.74, 6) is -0.331. The van der Waals surface area contributed by atoms with Crippen LogP contribution in [0.15, 0.2) is 48.8 Å². The van der Waals surface area contributed by atoms with Crippen LogP contribution in [-0.4, -0.2) is 22.1 Å². The number of carbonyl (C=O) groups excluding carboxylic acids is 1. The van der Waals surface area contributed by atoms with Crippen LogP contribution in [0.4, 0.5) is 0 Å². The second-order valence-electron chi connectivity index (χ2n) is 5.06. The number of amides is 1. The molecule has 0 saturated heterocycles. The van der Waals surface area contributed by atoms with Crippen molar-refractivity contribution in [2.45, 2.75) is 32.4 Å². The van der Waals surface area contributed by atoms with Crippen LogP contribution in [0.5, 0.6) is 0 Å². The average Bonchev–Trinajstić information content (AvgIpc) is 2.52. The molecule has 4 nitrogen and oxygen atoms in total. The van der Waals surface area contributed by atoms with Gasteiger partial charge < -0.3 is 10.4 Å². The van der Waals surface area contributed by atoms with Gasteiger partial charge in [-0.3, -0.25) is 9.78 Å². The minimum Gasteiger partial charge on any atom is -0.383 e. The lowest BCUT2D eigenvalue weighted by atomic mass is 10.1. The molecule has 1 aromatic carbocycles. The van der Waals surface area contributed by atoms with Gasteiger partial charge in [-0.05, 0) is 42.5 Å². The highest BCUT2D eigenvalue weighted by molar-refractivity contribution is 5.80. The van der Waals surface area contributed by atoms with E-state index in [1.807, 2.05) is 43.3 Å². The molecule has 21 heavy (non-hydrogen) atoms. The maximum Gasteiger partial charge on any atom is 0.249 e. The number of aliphatic hydroxyl groups is 1. The van der Waals surface area contributed by atoms with Crippen molar-refractivity contribution in [1.82, 2.24) is 10.3 Å². The number of nitrogens with one attached hydrogen (secondary N) is 1. The SMILES string of the molecule is Cc1cnccc1CNC(=O)C(O)CCc1ccccc1. The van der Waals surface area contributed by atoms with E-state index < -0.39 is 6.10 Å². The summed E-state index contributed by atoms with van der Waals surface area (Å²) in [6.45, 7) is 2.36. The van der Waals surface area contributed by atoms with Crippen molar-refractivity contribution in [3.8, 4) is 0 Å². The van der Waals surface area contributed by atoms with E-state index in [1.54, 1.807) is 12.4 Å². The molecule has 1 unspecified atom stereocenters. The third kappa shape index (κ3) is 4.68. The second-order valence-corrected chi connectivity index (χ2v) is 5.06. The van der Waals surface area contributed by atoms with Gasteiger partial charge in [0.2, 0.25) is 5.91 Å². The first kappa shape index (κ1) is 15.2. The van der Waals surface area contributed by atoms with E-state index in [1.165, 1.54) is 0 Å². The monoisotopic (exact) mass is 284 g/mol. The second kappa shape index (κ2) is 7.55. The summed E-state index contributed by atoms with van der Waals surface area (Å²) in [6, 6.07) is 11.7. The van der Waals surface area contributed by atoms with E-state index >= 15 is 0 Å². The van der Waals surface area contributed by atoms with Crippen LogP contribution in [0, 0.1) is 6.92 Å². The summed E-state index contributed by atoms with van der Waals surface area (Å²) >= 11 is 0. The molecule has 1 aromatic heterocycles. The fraction of sp³-hybridized carbons (Fsp3) is 0.294. The van der Waals surface area contributed by atoms with Crippen molar-refractivity contribution in [3.63, 3.8) is 0 Å². The first-order valence-electron chi connectivity index (χ1n) is 7.06. The van der Waals surface area contributed by atoms with Gasteiger partial charge in [-0.25, -0.2) is 0 Å². The van der Waals surface area contributed by atoms with Gasteiger partial charge in [0.15, 0.2) is 0 Å². The third-order valence-electron chi connectivity index (χ3n) is 3.44. The van der Waals surface area contributed by atoms with E-state index in [-0.39, 0.29) is 5.91 Å². The Balaban J connectivity index is 1.79. The van der Waals surface area contributed by atoms with Gasteiger partial charge in [-0.2, -0.15) is 0 Å². The summed E-state index contributed by atoms with van der Waals surface area (Å²) in [7, 11) is 0. The topological polar surface area (TPSA) is 62.2 Å². The van der Waals surface area contributed by atoms with Gasteiger partial charge in [-0.1, -0.05) is 30.3 Å². The number of hydrogen-bond acceptors (Lipinski definition) is 3. The quantitative estimate of drug-likeness (QED) is 0.853. The average molecular weight is 284 g/mol. The van der Waals surface area contributed by atoms with Crippen LogP contribution in [0.1, 0.15) is 23.1 Å². The van der Waals surface area contributed by atoms with Gasteiger partial charge in [0.1, 0.15) is 6.10 Å². The molecular formula is C17H20N2O2. The zero-order valence-corrected chi connectivity index (χ0v) is 12.1. The number of benzene rings is 1. The Labute approximate surface area is 124 Å². The summed E-state index contributed by atoms with van der Waals surface area (Å²) in [4.78, 5) is 15.9. The van der Waals surface area contributed by atoms with Crippen LogP contribution in [0.2, 0.25) is 0 Å². The smallest absolute Gasteiger partial charge is 0.249 e. The Bertz CT molecular complexity index is 584. The van der Waals surface area contributed by atoms with E-state index in [0.717, 1.165) is 16.7 Å². The minimum atomic E-state index is -0.979. The number of nitrogens with zero attached hydrogens (tertiary/aromatic N) is 1. The zero-order valence-electron chi connectivity index (χ0n) is 12.1. The molecule has 0 bridgehead atoms. The van der Waals surface area contributed by atoms with Crippen molar-refractivity contribution >= 4 is 5.91 Å². The fourth-order valence-corrected chi connectivity index (χ4v) is 2.08. The lowest BCUT2D eigenvalue weighted by Gasteiger charge is -2.12. The first-order valence-corrected chi connectivity index (χ1v) is 7.06. The lowest BCUT2D eigenvalue weighted by Crippen LogP contribution is -2.34. The number of rotatable bonds is 6. The van der Waals surface area contributed by atoms with Crippen LogP contribution in [0.3, 0.4) is 0 Å². The number of aromatic nitrogens is 1. The Kier molecular flexibility index (Phi) is 5.46. The molecule has 4 heteroatoms. The van der Waals surface area contributed by atoms with Gasteiger partial charge in [0.05, 0.1) is 0 Å². The molecule has 0 spiro atoms. The number of pyridine rings is 1. The molecule has 0 fully saturated rings. The Hall–Kier alpha value is -2.20. The molecule has 110 valence electrons. The number of aryl methyl sites for hydroxylation is 2. The van der Waals surface area contributed by atoms with Crippen molar-refractivity contribution in [2.24, 2.45) is 0 Å². The molecule has 1 amide bonds. The Morgan fingerprint density at radius 2 is 2.05 bits per heavy atom. The summed E-state index contributed by atoms with van der Waals surface area (Å²) in [5, 5.41) is 12.7. The molecule has 0 aliphatic heterocycles. The predicted molar refractivity (Wildman–Crippen MR) is 81.6 cm³/mol. The van der Waals surface area contributed by atoms with E-state index in [2.05, 4.69) is 10.3 Å². The van der Waals surface area contributed by atoms with E-state index in [9.17, 15) is 9.90 Å². The molecule has 2 rings (SSSR count). The molecule has 1 atom stereocenters. The van der Waals surface area contributed by atoms with E-state index in [0.29, 0.717) is 19.4 Å². The van der Waals surface area contributed by atoms with Gasteiger partial charge in [-0.15, -0.1) is 0 Å². The van der Waals surface area contributed by atoms with Crippen molar-refractivity contribution in [1.29, 1.82) is 0 Å². The molecule has 0 radical (unpaired) electrons. The highest BCUT2D eigenvalue weighted by Gasteiger charge is 2.14. The summed E-state index contributed by atoms with van der Waals surface area (Å²) < 4.78 is 0. The fourth-order valence-electron chi connectivity index (χ4n) is 2.08. The van der Waals surface area contributed by atoms with E-state index in [4.69, 9.17) is 0 Å². The number of carbonyl (C=O) groups is 1. The minimum absolute atomic E-state index is 0.331. The highest BCUT2D eigenvalue weighted by atomic mass is 16.3. The largest absolute Gasteiger partial charge is 0.383 e. The molecular weight excluding hydrogens is 264 g/mol. The van der Waals surface area contributed by atoms with Crippen LogP contribution in [-0.2, 0) is 17.8 Å². The molecule has 1 heterocycles. The van der Waals surface area contributed by atoms with Crippen molar-refractivity contribution in [3.05, 3.63) is 65.5 Å². The van der Waals surface area contributed by atoms with Crippen molar-refractivity contribution in [2.75, 3.05) is 0 Å². The molecule has 2 N–H and O–H groups in total. The van der Waals surface area contributed by atoms with Crippen LogP contribution >= 0.6 is 0 Å². The molecule has 0 saturated carbocycles. The Morgan fingerprint density at radius 1 is 1.29 bits per heavy atom. The third-order valence-corrected chi connectivity index (χ3v) is 3.44. The molecule has 0 aliphatic rings. The molecule has 2 aromatic rings. The van der Waals surface area contributed by atoms with Gasteiger partial charge in [0.25, 0.3) is 0 Å². The maximum atomic E-state index is 11.9. The zero-order chi connectivity index (χ0) is 15.1. The predicted octanol–water partition coefficient (Wildman–Crippen LogP) is 2.00. The number of aliphatic hydroxyl groups excluding tert-OH is 1. The standard InChI is InChI=1S/C17H20N2O2/c1-13-11-18-10-9-15(13)12-19-17(21)16(20)8-7-14-5-3-2-4-6-14/h2-6,9-11,16,20H,7-8,12H2,1H3,(H,19,21). The summed E-state index contributed by atoms with van der Waals surface area (Å²) in [6.07, 6.45) is 3.58. The van der Waals surface area contributed by atoms with Gasteiger partial charge in [0, 0.05) is 18.9 Å². The van der Waals surface area contributed by atoms with Gasteiger partial charge >= 0.3 is 0 Å². The van der Waals surface area contributed by atoms with Crippen LogP contribution in [0.25, 0.3) is 0 Å². The summed E-state index contributed by atoms with van der Waals surface area (Å²) in [5.41, 5.74) is 3.15. The molecule has 0 aliphatic carbocycles. The maximum absolute atomic E-state index is 11.9. The lowest BCUT2D eigenvalue weighted by molar-refractivity contribution is -0.129. The number of hydrogen-bond donors (Lipinski definition) is 2. The van der Waals surface area contributed by atoms with Crippen molar-refractivity contribution < 1.29 is 9.90 Å². The normalized spacial score (nSPS) is 11.9. The van der Waals surface area contributed by atoms with Crippen LogP contribution < -0.4 is 5.32 Å². The highest BCUT2D eigenvalue weighted by Crippen LogP contribution is 2.07. The first-order chi connectivity index (χ1) is 10.2. The Morgan fingerprint density at radius 3 is 2.76 bits per heavy atom.